The van der Waals surface area contributed by atoms with Gasteiger partial charge in [0.05, 0.1) is 0 Å². The van der Waals surface area contributed by atoms with Crippen LogP contribution in [0.15, 0.2) is 0 Å². The molecule has 0 aliphatic carbocycles. The molecule has 1 heteroatoms. The Hall–Kier alpha value is 0.430. The minimum atomic E-state index is 0. The van der Waals surface area contributed by atoms with Crippen LogP contribution in [0.4, 0.5) is 0 Å². The van der Waals surface area contributed by atoms with Crippen LogP contribution in [-0.4, -0.2) is 6.16 Å². The van der Waals surface area contributed by atoms with E-state index in [-0.39, 0.29) is 7.43 Å². The molecule has 1 unspecified atom stereocenters. The highest BCUT2D eigenvalue weighted by molar-refractivity contribution is 7.16. The summed E-state index contributed by atoms with van der Waals surface area (Å²) in [6, 6.07) is 0. The summed E-state index contributed by atoms with van der Waals surface area (Å²) in [5.74, 6) is 0. The highest BCUT2D eigenvalue weighted by atomic mass is 31.0. The van der Waals surface area contributed by atoms with E-state index in [1.54, 1.807) is 0 Å². The lowest BCUT2D eigenvalue weighted by atomic mass is 10.4. The third-order valence-corrected chi connectivity index (χ3v) is 0.966. The highest BCUT2D eigenvalue weighted by Gasteiger charge is 1.68. The second-order valence-electron chi connectivity index (χ2n) is 1.14. The number of hydrogen-bond donors (Lipinski definition) is 0. The highest BCUT2D eigenvalue weighted by Crippen LogP contribution is 1.89. The Morgan fingerprint density at radius 2 is 2.00 bits per heavy atom. The van der Waals surface area contributed by atoms with Crippen LogP contribution in [0.2, 0.25) is 0 Å². The van der Waals surface area contributed by atoms with Crippen molar-refractivity contribution < 1.29 is 0 Å². The fourth-order valence-electron chi connectivity index (χ4n) is 0.204. The van der Waals surface area contributed by atoms with Gasteiger partial charge in [0, 0.05) is 0 Å². The van der Waals surface area contributed by atoms with E-state index in [1.165, 1.54) is 19.0 Å². The van der Waals surface area contributed by atoms with Crippen molar-refractivity contribution >= 4 is 9.24 Å². The average molecular weight is 106 g/mol. The normalized spacial score (nSPS) is 7.00. The van der Waals surface area contributed by atoms with Crippen LogP contribution >= 0.6 is 9.24 Å². The third-order valence-electron chi connectivity index (χ3n) is 0.558. The second kappa shape index (κ2) is 9.06. The van der Waals surface area contributed by atoms with Gasteiger partial charge in [0.15, 0.2) is 0 Å². The van der Waals surface area contributed by atoms with E-state index >= 15 is 0 Å². The number of unbranched alkanes of at least 4 members (excludes halogenated alkanes) is 1. The van der Waals surface area contributed by atoms with Crippen LogP contribution in [0.1, 0.15) is 27.2 Å². The summed E-state index contributed by atoms with van der Waals surface area (Å²) >= 11 is 0. The molecule has 0 radical (unpaired) electrons. The zero-order valence-electron chi connectivity index (χ0n) is 3.70. The Balaban J connectivity index is 0. The van der Waals surface area contributed by atoms with E-state index in [4.69, 9.17) is 0 Å². The zero-order valence-corrected chi connectivity index (χ0v) is 4.85. The molecular formula is C5H15P. The van der Waals surface area contributed by atoms with Crippen LogP contribution < -0.4 is 0 Å². The van der Waals surface area contributed by atoms with Crippen molar-refractivity contribution in [3.63, 3.8) is 0 Å². The van der Waals surface area contributed by atoms with Crippen molar-refractivity contribution in [3.05, 3.63) is 0 Å². The van der Waals surface area contributed by atoms with Crippen LogP contribution in [0.5, 0.6) is 0 Å². The molecule has 0 saturated carbocycles. The van der Waals surface area contributed by atoms with Gasteiger partial charge in [0.1, 0.15) is 0 Å². The predicted molar refractivity (Wildman–Crippen MR) is 36.2 cm³/mol. The molecule has 0 N–H and O–H groups in total. The maximum absolute atomic E-state index is 2.70. The van der Waals surface area contributed by atoms with Crippen molar-refractivity contribution in [1.29, 1.82) is 0 Å². The van der Waals surface area contributed by atoms with Gasteiger partial charge in [0.2, 0.25) is 0 Å². The standard InChI is InChI=1S/C4H11P.CH4/c1-2-3-4-5;/h2-5H2,1H3;1H4. The monoisotopic (exact) mass is 106 g/mol. The topological polar surface area (TPSA) is 0 Å². The number of rotatable bonds is 2. The summed E-state index contributed by atoms with van der Waals surface area (Å²) in [6.07, 6.45) is 3.94. The Morgan fingerprint density at radius 3 is 2.00 bits per heavy atom. The van der Waals surface area contributed by atoms with Gasteiger partial charge in [-0.15, -0.1) is 9.24 Å². The molecule has 0 rings (SSSR count). The molecule has 40 valence electrons. The van der Waals surface area contributed by atoms with Crippen molar-refractivity contribution in [2.75, 3.05) is 6.16 Å². The summed E-state index contributed by atoms with van der Waals surface area (Å²) in [4.78, 5) is 0. The third kappa shape index (κ3) is 8.83. The Bertz CT molecular complexity index is 11.4. The molecule has 0 aromatic carbocycles. The van der Waals surface area contributed by atoms with Crippen LogP contribution in [-0.2, 0) is 0 Å². The van der Waals surface area contributed by atoms with Gasteiger partial charge in [-0.3, -0.25) is 0 Å². The second-order valence-corrected chi connectivity index (χ2v) is 1.72. The molecule has 1 atom stereocenters. The molecule has 0 aliphatic rings. The molecule has 0 amide bonds. The molecule has 0 heterocycles. The molecule has 0 saturated heterocycles. The molecule has 6 heavy (non-hydrogen) atoms. The van der Waals surface area contributed by atoms with Crippen molar-refractivity contribution in [3.8, 4) is 0 Å². The first kappa shape index (κ1) is 9.66. The Labute approximate surface area is 43.5 Å². The largest absolute Gasteiger partial charge is 0.138 e. The lowest BCUT2D eigenvalue weighted by Gasteiger charge is -1.79. The smallest absolute Gasteiger partial charge is 0.0381 e. The van der Waals surface area contributed by atoms with Crippen molar-refractivity contribution in [1.82, 2.24) is 0 Å². The van der Waals surface area contributed by atoms with E-state index < -0.39 is 0 Å². The lowest BCUT2D eigenvalue weighted by Crippen LogP contribution is -1.64. The first-order valence-corrected chi connectivity index (χ1v) is 2.93. The van der Waals surface area contributed by atoms with Gasteiger partial charge in [-0.1, -0.05) is 27.2 Å². The van der Waals surface area contributed by atoms with Gasteiger partial charge < -0.3 is 0 Å². The first-order valence-electron chi connectivity index (χ1n) is 2.12. The quantitative estimate of drug-likeness (QED) is 0.474. The van der Waals surface area contributed by atoms with E-state index in [0.717, 1.165) is 0 Å². The summed E-state index contributed by atoms with van der Waals surface area (Å²) in [7, 11) is 2.70. The minimum Gasteiger partial charge on any atom is -0.138 e. The average Bonchev–Trinajstić information content (AvgIpc) is 1.41. The summed E-state index contributed by atoms with van der Waals surface area (Å²) in [6.45, 7) is 2.20. The number of hydrogen-bond acceptors (Lipinski definition) is 0. The van der Waals surface area contributed by atoms with Gasteiger partial charge in [-0.25, -0.2) is 0 Å². The van der Waals surface area contributed by atoms with Crippen molar-refractivity contribution in [2.24, 2.45) is 0 Å². The van der Waals surface area contributed by atoms with E-state index in [9.17, 15) is 0 Å². The predicted octanol–water partition coefficient (Wildman–Crippen LogP) is 2.30. The van der Waals surface area contributed by atoms with E-state index in [0.29, 0.717) is 0 Å². The van der Waals surface area contributed by atoms with Gasteiger partial charge in [0.25, 0.3) is 0 Å². The minimum absolute atomic E-state index is 0. The zero-order chi connectivity index (χ0) is 4.12. The molecule has 0 bridgehead atoms. The van der Waals surface area contributed by atoms with Gasteiger partial charge in [-0.2, -0.15) is 0 Å². The van der Waals surface area contributed by atoms with E-state index in [2.05, 4.69) is 16.2 Å². The van der Waals surface area contributed by atoms with Crippen LogP contribution in [0, 0.1) is 0 Å². The molecule has 0 aromatic rings. The summed E-state index contributed by atoms with van der Waals surface area (Å²) < 4.78 is 0. The van der Waals surface area contributed by atoms with Crippen LogP contribution in [0.3, 0.4) is 0 Å². The van der Waals surface area contributed by atoms with Crippen molar-refractivity contribution in [2.45, 2.75) is 27.2 Å². The van der Waals surface area contributed by atoms with Gasteiger partial charge in [-0.05, 0) is 6.16 Å². The molecule has 0 nitrogen and oxygen atoms in total. The maximum atomic E-state index is 2.70. The van der Waals surface area contributed by atoms with Crippen LogP contribution in [0.25, 0.3) is 0 Å². The summed E-state index contributed by atoms with van der Waals surface area (Å²) in [5.41, 5.74) is 0. The molecule has 0 aromatic heterocycles. The van der Waals surface area contributed by atoms with E-state index in [1.807, 2.05) is 0 Å². The maximum Gasteiger partial charge on any atom is -0.0381 e. The summed E-state index contributed by atoms with van der Waals surface area (Å²) in [5, 5.41) is 0. The molecule has 0 fully saturated rings. The Morgan fingerprint density at radius 1 is 1.50 bits per heavy atom. The fraction of sp³-hybridized carbons (Fsp3) is 1.00. The fourth-order valence-corrected chi connectivity index (χ4v) is 0.612. The van der Waals surface area contributed by atoms with Gasteiger partial charge >= 0.3 is 0 Å². The molecule has 0 spiro atoms. The SMILES string of the molecule is C.CCCCP. The molecular weight excluding hydrogens is 91.0 g/mol. The first-order chi connectivity index (χ1) is 2.41. The molecule has 0 aliphatic heterocycles. The lowest BCUT2D eigenvalue weighted by molar-refractivity contribution is 0.897. The Kier molecular flexibility index (Phi) is 14.6.